The minimum Gasteiger partial charge on any atom is -0.493 e. The van der Waals surface area contributed by atoms with Crippen LogP contribution in [0.2, 0.25) is 0 Å². The predicted molar refractivity (Wildman–Crippen MR) is 162 cm³/mol. The van der Waals surface area contributed by atoms with E-state index in [0.29, 0.717) is 15.5 Å². The summed E-state index contributed by atoms with van der Waals surface area (Å²) in [5.74, 6) is -4.11. The Morgan fingerprint density at radius 1 is 0.896 bits per heavy atom. The first-order valence-electron chi connectivity index (χ1n) is 13.9. The molecule has 0 aliphatic carbocycles. The van der Waals surface area contributed by atoms with Gasteiger partial charge >= 0.3 is 17.2 Å². The number of benzene rings is 3. The van der Waals surface area contributed by atoms with E-state index in [2.05, 4.69) is 10.3 Å². The Kier molecular flexibility index (Phi) is 8.53. The molecule has 2 aliphatic rings. The molecule has 250 valence electrons. The van der Waals surface area contributed by atoms with Crippen molar-refractivity contribution in [2.75, 3.05) is 23.9 Å². The van der Waals surface area contributed by atoms with Gasteiger partial charge in [-0.05, 0) is 54.1 Å². The maximum Gasteiger partial charge on any atom is 0.416 e. The van der Waals surface area contributed by atoms with Gasteiger partial charge in [0.2, 0.25) is 11.8 Å². The van der Waals surface area contributed by atoms with Crippen LogP contribution in [0.3, 0.4) is 0 Å². The number of thioether (sulfide) groups is 1. The second kappa shape index (κ2) is 12.4. The van der Waals surface area contributed by atoms with Gasteiger partial charge in [-0.2, -0.15) is 26.3 Å². The number of hydrogen-bond donors (Lipinski definition) is 2. The third-order valence-corrected chi connectivity index (χ3v) is 10.0. The number of alkyl halides is 6. The predicted octanol–water partition coefficient (Wildman–Crippen LogP) is 6.30. The highest BCUT2D eigenvalue weighted by atomic mass is 32.2. The van der Waals surface area contributed by atoms with Crippen molar-refractivity contribution in [2.45, 2.75) is 28.5 Å². The molecule has 3 atom stereocenters. The molecule has 1 saturated heterocycles. The van der Waals surface area contributed by atoms with Gasteiger partial charge in [0.25, 0.3) is 5.91 Å². The van der Waals surface area contributed by atoms with E-state index in [0.717, 1.165) is 64.4 Å². The molecule has 9 nitrogen and oxygen atoms in total. The minimum absolute atomic E-state index is 0.0593. The van der Waals surface area contributed by atoms with Gasteiger partial charge in [0.15, 0.2) is 18.1 Å². The van der Waals surface area contributed by atoms with Crippen LogP contribution in [-0.2, 0) is 26.7 Å². The van der Waals surface area contributed by atoms with Crippen LogP contribution >= 0.6 is 23.1 Å². The van der Waals surface area contributed by atoms with Crippen molar-refractivity contribution < 1.29 is 50.2 Å². The quantitative estimate of drug-likeness (QED) is 0.171. The number of carbonyl (C=O) groups excluding carboxylic acids is 3. The largest absolute Gasteiger partial charge is 0.493 e. The van der Waals surface area contributed by atoms with Crippen molar-refractivity contribution in [2.24, 2.45) is 5.92 Å². The van der Waals surface area contributed by atoms with Crippen LogP contribution < -0.4 is 24.6 Å². The molecule has 0 bridgehead atoms. The fourth-order valence-corrected chi connectivity index (χ4v) is 8.08. The monoisotopic (exact) mass is 709 g/mol. The third kappa shape index (κ3) is 6.26. The summed E-state index contributed by atoms with van der Waals surface area (Å²) in [4.78, 5) is 55.8. The topological polar surface area (TPSA) is 118 Å². The number of halogens is 6. The summed E-state index contributed by atoms with van der Waals surface area (Å²) >= 11 is 1.78. The number of aromatic amines is 1. The number of fused-ring (bicyclic) bond motifs is 2. The zero-order chi connectivity index (χ0) is 34.5. The van der Waals surface area contributed by atoms with Crippen LogP contribution in [0, 0.1) is 5.92 Å². The summed E-state index contributed by atoms with van der Waals surface area (Å²) in [6.07, 6.45) is -9.32. The number of anilines is 2. The third-order valence-electron chi connectivity index (χ3n) is 7.63. The van der Waals surface area contributed by atoms with Gasteiger partial charge in [-0.3, -0.25) is 19.2 Å². The Labute approximate surface area is 274 Å². The molecule has 3 heterocycles. The van der Waals surface area contributed by atoms with Gasteiger partial charge in [-0.25, -0.2) is 4.90 Å². The molecular formula is C31H21F6N3O6S2. The smallest absolute Gasteiger partial charge is 0.416 e. The highest BCUT2D eigenvalue weighted by molar-refractivity contribution is 8.00. The van der Waals surface area contributed by atoms with E-state index in [9.17, 15) is 45.5 Å². The van der Waals surface area contributed by atoms with Gasteiger partial charge in [-0.15, -0.1) is 0 Å². The molecule has 0 saturated carbocycles. The van der Waals surface area contributed by atoms with Crippen LogP contribution in [0.15, 0.2) is 76.6 Å². The standard InChI is InChI=1S/C31H21F6N3O6S2/c1-45-20-10-14(8-9-19(20)46-13-21(41)38-17-6-2-4-15(11-17)30(32,33)34)22-23-25(47-26-24(22)48-29(44)39-26)28(43)40(27(23)42)18-7-3-5-16(12-18)31(35,36)37/h2-12,22-23,25H,13H2,1H3,(H,38,41)(H,39,44)/t22-,23?,25?/m1/s1. The number of hydrogen-bond acceptors (Lipinski definition) is 8. The van der Waals surface area contributed by atoms with Crippen molar-refractivity contribution in [1.82, 2.24) is 4.98 Å². The lowest BCUT2D eigenvalue weighted by molar-refractivity contribution is -0.138. The molecule has 3 aromatic carbocycles. The molecule has 2 unspecified atom stereocenters. The first-order valence-corrected chi connectivity index (χ1v) is 15.6. The molecule has 1 fully saturated rings. The first-order chi connectivity index (χ1) is 22.7. The van der Waals surface area contributed by atoms with E-state index in [1.165, 1.54) is 37.4 Å². The number of imide groups is 1. The molecule has 1 aromatic heterocycles. The zero-order valence-corrected chi connectivity index (χ0v) is 25.9. The number of thiazole rings is 1. The fraction of sp³-hybridized carbons (Fsp3) is 0.226. The molecule has 17 heteroatoms. The Balaban J connectivity index is 1.27. The maximum absolute atomic E-state index is 13.9. The second-order valence-corrected chi connectivity index (χ2v) is 12.8. The average Bonchev–Trinajstić information content (AvgIpc) is 3.53. The Morgan fingerprint density at radius 2 is 1.58 bits per heavy atom. The number of aromatic nitrogens is 1. The average molecular weight is 710 g/mol. The molecule has 6 rings (SSSR count). The molecule has 0 radical (unpaired) electrons. The first kappa shape index (κ1) is 33.1. The highest BCUT2D eigenvalue weighted by Crippen LogP contribution is 2.54. The number of carbonyl (C=O) groups is 3. The molecule has 2 aliphatic heterocycles. The van der Waals surface area contributed by atoms with E-state index in [4.69, 9.17) is 9.47 Å². The summed E-state index contributed by atoms with van der Waals surface area (Å²) < 4.78 is 90.5. The molecule has 0 spiro atoms. The van der Waals surface area contributed by atoms with Crippen LogP contribution in [0.5, 0.6) is 11.5 Å². The summed E-state index contributed by atoms with van der Waals surface area (Å²) in [6.45, 7) is -0.612. The molecule has 4 aromatic rings. The van der Waals surface area contributed by atoms with Crippen molar-refractivity contribution in [3.63, 3.8) is 0 Å². The van der Waals surface area contributed by atoms with Gasteiger partial charge in [-0.1, -0.05) is 41.3 Å². The summed E-state index contributed by atoms with van der Waals surface area (Å²) in [5, 5.41) is 1.60. The number of rotatable bonds is 7. The van der Waals surface area contributed by atoms with Crippen LogP contribution in [0.4, 0.5) is 37.7 Å². The Bertz CT molecular complexity index is 1990. The van der Waals surface area contributed by atoms with Gasteiger partial charge in [0.05, 0.1) is 34.9 Å². The lowest BCUT2D eigenvalue weighted by Crippen LogP contribution is -2.32. The Morgan fingerprint density at radius 3 is 2.27 bits per heavy atom. The lowest BCUT2D eigenvalue weighted by Gasteiger charge is -2.30. The number of H-pyrrole nitrogens is 1. The lowest BCUT2D eigenvalue weighted by atomic mass is 9.83. The van der Waals surface area contributed by atoms with Crippen molar-refractivity contribution in [1.29, 1.82) is 0 Å². The van der Waals surface area contributed by atoms with Crippen LogP contribution in [0.25, 0.3) is 0 Å². The maximum atomic E-state index is 13.9. The normalized spacial score (nSPS) is 19.1. The Hall–Kier alpha value is -4.77. The minimum atomic E-state index is -4.71. The van der Waals surface area contributed by atoms with E-state index in [1.54, 1.807) is 0 Å². The molecule has 48 heavy (non-hydrogen) atoms. The summed E-state index contributed by atoms with van der Waals surface area (Å²) in [6, 6.07) is 12.4. The van der Waals surface area contributed by atoms with Crippen molar-refractivity contribution >= 4 is 52.2 Å². The number of amides is 3. The second-order valence-electron chi connectivity index (χ2n) is 10.6. The van der Waals surface area contributed by atoms with E-state index in [1.807, 2.05) is 0 Å². The van der Waals surface area contributed by atoms with E-state index < -0.39 is 69.8 Å². The molecule has 3 amide bonds. The van der Waals surface area contributed by atoms with Crippen molar-refractivity contribution in [3.05, 3.63) is 98.0 Å². The van der Waals surface area contributed by atoms with Crippen molar-refractivity contribution in [3.8, 4) is 11.5 Å². The van der Waals surface area contributed by atoms with Gasteiger partial charge in [0, 0.05) is 16.5 Å². The van der Waals surface area contributed by atoms with E-state index >= 15 is 0 Å². The summed E-state index contributed by atoms with van der Waals surface area (Å²) in [7, 11) is 1.30. The number of nitrogens with zero attached hydrogens (tertiary/aromatic N) is 1. The van der Waals surface area contributed by atoms with E-state index in [-0.39, 0.29) is 22.9 Å². The van der Waals surface area contributed by atoms with Gasteiger partial charge < -0.3 is 19.8 Å². The fourth-order valence-electron chi connectivity index (χ4n) is 5.56. The molecular weight excluding hydrogens is 688 g/mol. The summed E-state index contributed by atoms with van der Waals surface area (Å²) in [5.41, 5.74) is -1.91. The van der Waals surface area contributed by atoms with Gasteiger partial charge in [0.1, 0.15) is 5.25 Å². The highest BCUT2D eigenvalue weighted by Gasteiger charge is 2.56. The molecule has 2 N–H and O–H groups in total. The number of nitrogens with one attached hydrogen (secondary N) is 2. The number of ether oxygens (including phenoxy) is 2. The SMILES string of the molecule is COc1cc([C@H]2c3sc(=O)[nH]c3SC3C(=O)N(c4cccc(C(F)(F)F)c4)C(=O)C32)ccc1OCC(=O)Nc1cccc(C(F)(F)F)c1. The van der Waals surface area contributed by atoms with Crippen LogP contribution in [0.1, 0.15) is 27.5 Å². The zero-order valence-electron chi connectivity index (χ0n) is 24.3. The number of methoxy groups -OCH3 is 1. The van der Waals surface area contributed by atoms with Crippen LogP contribution in [-0.4, -0.2) is 41.7 Å².